The number of hydrogen-bond donors (Lipinski definition) is 1. The van der Waals surface area contributed by atoms with Crippen LogP contribution in [0.15, 0.2) is 24.3 Å². The van der Waals surface area contributed by atoms with Gasteiger partial charge >= 0.3 is 0 Å². The van der Waals surface area contributed by atoms with E-state index in [1.165, 1.54) is 24.3 Å². The molecule has 1 N–H and O–H groups in total. The second-order valence-electron chi connectivity index (χ2n) is 7.33. The molecule has 158 valence electrons. The van der Waals surface area contributed by atoms with Gasteiger partial charge in [-0.1, -0.05) is 0 Å². The summed E-state index contributed by atoms with van der Waals surface area (Å²) < 4.78 is 51.0. The van der Waals surface area contributed by atoms with E-state index in [-0.39, 0.29) is 18.4 Å². The van der Waals surface area contributed by atoms with Crippen molar-refractivity contribution in [1.82, 2.24) is 0 Å². The fourth-order valence-electron chi connectivity index (χ4n) is 3.58. The lowest BCUT2D eigenvalue weighted by Gasteiger charge is -2.00. The van der Waals surface area contributed by atoms with Crippen molar-refractivity contribution < 1.29 is 27.5 Å². The maximum Gasteiger partial charge on any atom is 0.159 e. The molecule has 2 aliphatic carbocycles. The standard InChI is InChI=1S/C10H10F2O.C10H8F2O.C2H7P/c2*11-9-3-7-1-6(5-13)2-8(7)4-10(9)12;1-3-2/h3-4,6,13H,1-2,5H2;3-6H,1-2H2;3H,1-2H3. The minimum atomic E-state index is -0.828. The highest BCUT2D eigenvalue weighted by molar-refractivity contribution is 7.35. The van der Waals surface area contributed by atoms with Crippen LogP contribution >= 0.6 is 8.58 Å². The van der Waals surface area contributed by atoms with Gasteiger partial charge in [0.15, 0.2) is 23.3 Å². The van der Waals surface area contributed by atoms with Crippen LogP contribution in [-0.2, 0) is 30.5 Å². The van der Waals surface area contributed by atoms with Gasteiger partial charge in [0.25, 0.3) is 0 Å². The molecular weight excluding hydrogens is 403 g/mol. The molecule has 0 heterocycles. The number of rotatable bonds is 2. The van der Waals surface area contributed by atoms with E-state index in [1.807, 2.05) is 0 Å². The number of halogens is 4. The summed E-state index contributed by atoms with van der Waals surface area (Å²) in [5, 5.41) is 8.89. The first kappa shape index (κ1) is 23.5. The van der Waals surface area contributed by atoms with Crippen LogP contribution in [0.2, 0.25) is 0 Å². The van der Waals surface area contributed by atoms with Crippen LogP contribution in [0.25, 0.3) is 0 Å². The van der Waals surface area contributed by atoms with Crippen LogP contribution in [0.3, 0.4) is 0 Å². The van der Waals surface area contributed by atoms with E-state index >= 15 is 0 Å². The average Bonchev–Trinajstić information content (AvgIpc) is 3.26. The number of fused-ring (bicyclic) bond motifs is 2. The number of carbonyl (C=O) groups is 1. The molecule has 0 aliphatic heterocycles. The molecule has 4 rings (SSSR count). The summed E-state index contributed by atoms with van der Waals surface area (Å²) in [5.41, 5.74) is 3.18. The molecule has 0 bridgehead atoms. The maximum absolute atomic E-state index is 12.8. The van der Waals surface area contributed by atoms with Gasteiger partial charge in [0.1, 0.15) is 6.29 Å². The van der Waals surface area contributed by atoms with E-state index in [4.69, 9.17) is 5.11 Å². The first-order valence-corrected chi connectivity index (χ1v) is 11.4. The summed E-state index contributed by atoms with van der Waals surface area (Å²) in [5.74, 6) is -3.21. The summed E-state index contributed by atoms with van der Waals surface area (Å²) in [7, 11) is 1.08. The molecule has 7 heteroatoms. The Kier molecular flexibility index (Phi) is 8.79. The van der Waals surface area contributed by atoms with Gasteiger partial charge in [-0.05, 0) is 91.5 Å². The molecule has 0 atom stereocenters. The third kappa shape index (κ3) is 6.10. The summed E-state index contributed by atoms with van der Waals surface area (Å²) in [6, 6.07) is 4.85. The Morgan fingerprint density at radius 1 is 0.828 bits per heavy atom. The monoisotopic (exact) mass is 428 g/mol. The molecule has 0 amide bonds. The highest BCUT2D eigenvalue weighted by Gasteiger charge is 2.23. The van der Waals surface area contributed by atoms with Crippen molar-refractivity contribution in [1.29, 1.82) is 0 Å². The first-order chi connectivity index (χ1) is 13.8. The molecular formula is C22H25F4O2P. The van der Waals surface area contributed by atoms with Crippen molar-refractivity contribution in [3.8, 4) is 0 Å². The summed E-state index contributed by atoms with van der Waals surface area (Å²) >= 11 is 0. The molecule has 2 aromatic rings. The predicted octanol–water partition coefficient (Wildman–Crippen LogP) is 4.47. The number of hydrogen-bond acceptors (Lipinski definition) is 2. The summed E-state index contributed by atoms with van der Waals surface area (Å²) in [6.07, 6.45) is 3.23. The Balaban J connectivity index is 0.000000183. The van der Waals surface area contributed by atoms with Gasteiger partial charge in [0.2, 0.25) is 0 Å². The predicted molar refractivity (Wildman–Crippen MR) is 108 cm³/mol. The van der Waals surface area contributed by atoms with Crippen molar-refractivity contribution in [3.63, 3.8) is 0 Å². The van der Waals surface area contributed by atoms with E-state index in [0.29, 0.717) is 25.7 Å². The maximum atomic E-state index is 12.8. The quantitative estimate of drug-likeness (QED) is 0.435. The third-order valence-corrected chi connectivity index (χ3v) is 4.92. The molecule has 2 aliphatic rings. The molecule has 2 aromatic carbocycles. The Morgan fingerprint density at radius 2 is 1.14 bits per heavy atom. The van der Waals surface area contributed by atoms with Crippen molar-refractivity contribution in [2.24, 2.45) is 11.8 Å². The second-order valence-corrected chi connectivity index (χ2v) is 8.33. The molecule has 2 nitrogen and oxygen atoms in total. The normalized spacial score (nSPS) is 15.0. The van der Waals surface area contributed by atoms with Gasteiger partial charge in [0.05, 0.1) is 0 Å². The molecule has 0 spiro atoms. The number of aldehydes is 1. The smallest absolute Gasteiger partial charge is 0.159 e. The molecule has 0 aromatic heterocycles. The molecule has 0 saturated heterocycles. The Morgan fingerprint density at radius 3 is 1.41 bits per heavy atom. The van der Waals surface area contributed by atoms with Crippen LogP contribution in [0.4, 0.5) is 17.6 Å². The molecule has 0 radical (unpaired) electrons. The SMILES string of the molecule is CPC.O=CC1Cc2cc(F)c(F)cc2C1.OCC1Cc2cc(F)c(F)cc2C1. The number of aliphatic hydroxyl groups excluding tert-OH is 1. The van der Waals surface area contributed by atoms with Crippen molar-refractivity contribution in [3.05, 3.63) is 69.8 Å². The van der Waals surface area contributed by atoms with Crippen LogP contribution in [0.5, 0.6) is 0 Å². The molecule has 0 saturated carbocycles. The Labute approximate surface area is 170 Å². The molecule has 0 fully saturated rings. The van der Waals surface area contributed by atoms with Gasteiger partial charge in [-0.2, -0.15) is 0 Å². The Hall–Kier alpha value is -1.78. The van der Waals surface area contributed by atoms with E-state index in [0.717, 1.165) is 37.1 Å². The largest absolute Gasteiger partial charge is 0.396 e. The minimum Gasteiger partial charge on any atom is -0.396 e. The Bertz CT molecular complexity index is 795. The molecule has 0 unspecified atom stereocenters. The van der Waals surface area contributed by atoms with E-state index in [1.54, 1.807) is 0 Å². The number of carbonyl (C=O) groups excluding carboxylic acids is 1. The zero-order valence-electron chi connectivity index (χ0n) is 16.4. The van der Waals surface area contributed by atoms with Crippen LogP contribution < -0.4 is 0 Å². The fourth-order valence-corrected chi connectivity index (χ4v) is 3.58. The van der Waals surface area contributed by atoms with E-state index in [9.17, 15) is 22.4 Å². The van der Waals surface area contributed by atoms with Gasteiger partial charge < -0.3 is 9.90 Å². The van der Waals surface area contributed by atoms with E-state index < -0.39 is 23.3 Å². The minimum absolute atomic E-state index is 0.0813. The third-order valence-electron chi connectivity index (χ3n) is 4.92. The summed E-state index contributed by atoms with van der Waals surface area (Å²) in [6.45, 7) is 4.39. The number of aliphatic hydroxyl groups is 1. The fraction of sp³-hybridized carbons (Fsp3) is 0.409. The molecule has 29 heavy (non-hydrogen) atoms. The van der Waals surface area contributed by atoms with E-state index in [2.05, 4.69) is 13.3 Å². The van der Waals surface area contributed by atoms with Gasteiger partial charge in [-0.15, -0.1) is 8.58 Å². The van der Waals surface area contributed by atoms with Gasteiger partial charge in [-0.25, -0.2) is 17.6 Å². The zero-order chi connectivity index (χ0) is 21.6. The highest BCUT2D eigenvalue weighted by atomic mass is 31.1. The second kappa shape index (κ2) is 10.8. The highest BCUT2D eigenvalue weighted by Crippen LogP contribution is 2.28. The van der Waals surface area contributed by atoms with Crippen LogP contribution in [-0.4, -0.2) is 31.3 Å². The lowest BCUT2D eigenvalue weighted by Crippen LogP contribution is -2.04. The summed E-state index contributed by atoms with van der Waals surface area (Å²) in [4.78, 5) is 10.5. The van der Waals surface area contributed by atoms with Crippen LogP contribution in [0, 0.1) is 35.1 Å². The van der Waals surface area contributed by atoms with Crippen molar-refractivity contribution in [2.45, 2.75) is 25.7 Å². The average molecular weight is 428 g/mol. The first-order valence-electron chi connectivity index (χ1n) is 9.41. The lowest BCUT2D eigenvalue weighted by atomic mass is 10.1. The van der Waals surface area contributed by atoms with Crippen LogP contribution in [0.1, 0.15) is 22.3 Å². The van der Waals surface area contributed by atoms with Crippen molar-refractivity contribution >= 4 is 14.9 Å². The number of benzene rings is 2. The van der Waals surface area contributed by atoms with Crippen molar-refractivity contribution in [2.75, 3.05) is 19.9 Å². The van der Waals surface area contributed by atoms with Gasteiger partial charge in [-0.3, -0.25) is 0 Å². The van der Waals surface area contributed by atoms with Gasteiger partial charge in [0, 0.05) is 12.5 Å². The lowest BCUT2D eigenvalue weighted by molar-refractivity contribution is -0.110. The zero-order valence-corrected chi connectivity index (χ0v) is 17.4. The topological polar surface area (TPSA) is 37.3 Å².